The normalized spacial score (nSPS) is 13.3. The second kappa shape index (κ2) is 7.62. The van der Waals surface area contributed by atoms with Crippen LogP contribution in [0.1, 0.15) is 10.6 Å². The van der Waals surface area contributed by atoms with Gasteiger partial charge < -0.3 is 15.0 Å². The number of ether oxygens (including phenoxy) is 1. The van der Waals surface area contributed by atoms with Gasteiger partial charge in [-0.3, -0.25) is 0 Å². The number of carbonyl (C=O) groups excluding carboxylic acids is 1. The van der Waals surface area contributed by atoms with E-state index < -0.39 is 0 Å². The van der Waals surface area contributed by atoms with Gasteiger partial charge in [0.05, 0.1) is 19.3 Å². The van der Waals surface area contributed by atoms with Crippen LogP contribution in [0.4, 0.5) is 10.5 Å². The Labute approximate surface area is 181 Å². The van der Waals surface area contributed by atoms with Crippen LogP contribution in [0.5, 0.6) is 5.75 Å². The molecule has 3 heterocycles. The van der Waals surface area contributed by atoms with Crippen molar-refractivity contribution in [1.29, 1.82) is 0 Å². The lowest BCUT2D eigenvalue weighted by Crippen LogP contribution is -2.38. The number of hydrogen-bond donors (Lipinski definition) is 1. The molecule has 0 saturated carbocycles. The van der Waals surface area contributed by atoms with Gasteiger partial charge in [-0.1, -0.05) is 22.9 Å². The van der Waals surface area contributed by atoms with Gasteiger partial charge >= 0.3 is 6.03 Å². The summed E-state index contributed by atoms with van der Waals surface area (Å²) in [6.07, 6.45) is 0.731. The Kier molecular flexibility index (Phi) is 4.80. The van der Waals surface area contributed by atoms with Gasteiger partial charge in [0.15, 0.2) is 5.82 Å². The van der Waals surface area contributed by atoms with Gasteiger partial charge in [-0.25, -0.2) is 9.31 Å². The summed E-state index contributed by atoms with van der Waals surface area (Å²) >= 11 is 7.54. The van der Waals surface area contributed by atoms with Crippen molar-refractivity contribution in [3.8, 4) is 17.1 Å². The van der Waals surface area contributed by atoms with E-state index in [9.17, 15) is 4.79 Å². The Hall–Kier alpha value is -3.10. The first-order valence-electron chi connectivity index (χ1n) is 9.44. The quantitative estimate of drug-likeness (QED) is 0.501. The van der Waals surface area contributed by atoms with Crippen molar-refractivity contribution in [3.63, 3.8) is 0 Å². The summed E-state index contributed by atoms with van der Waals surface area (Å²) in [6, 6.07) is 14.7. The molecule has 7 nitrogen and oxygen atoms in total. The summed E-state index contributed by atoms with van der Waals surface area (Å²) in [5, 5.41) is 8.31. The van der Waals surface area contributed by atoms with Crippen molar-refractivity contribution in [2.45, 2.75) is 13.0 Å². The first-order chi connectivity index (χ1) is 14.6. The third-order valence-electron chi connectivity index (χ3n) is 5.05. The molecule has 5 rings (SSSR count). The third kappa shape index (κ3) is 3.48. The van der Waals surface area contributed by atoms with E-state index in [4.69, 9.17) is 16.3 Å². The monoisotopic (exact) mass is 439 g/mol. The molecule has 0 bridgehead atoms. The van der Waals surface area contributed by atoms with Crippen LogP contribution in [0.2, 0.25) is 5.02 Å². The molecule has 9 heteroatoms. The summed E-state index contributed by atoms with van der Waals surface area (Å²) in [5.74, 6) is 1.43. The molecule has 0 radical (unpaired) electrons. The summed E-state index contributed by atoms with van der Waals surface area (Å²) < 4.78 is 7.06. The molecule has 152 valence electrons. The lowest BCUT2D eigenvalue weighted by atomic mass is 10.2. The van der Waals surface area contributed by atoms with E-state index in [0.717, 1.165) is 39.0 Å². The largest absolute Gasteiger partial charge is 0.497 e. The molecule has 0 spiro atoms. The van der Waals surface area contributed by atoms with E-state index in [2.05, 4.69) is 15.4 Å². The molecule has 0 fully saturated rings. The molecule has 0 atom stereocenters. The van der Waals surface area contributed by atoms with Crippen molar-refractivity contribution < 1.29 is 9.53 Å². The predicted octanol–water partition coefficient (Wildman–Crippen LogP) is 4.71. The molecule has 0 unspecified atom stereocenters. The number of nitrogens with one attached hydrogen (secondary N) is 1. The topological polar surface area (TPSA) is 71.8 Å². The summed E-state index contributed by atoms with van der Waals surface area (Å²) in [6.45, 7) is 1.17. The number of aromatic nitrogens is 3. The number of thiazole rings is 1. The fraction of sp³-hybridized carbons (Fsp3) is 0.190. The molecule has 1 aliphatic rings. The van der Waals surface area contributed by atoms with Gasteiger partial charge in [0, 0.05) is 34.1 Å². The van der Waals surface area contributed by atoms with Crippen molar-refractivity contribution in [1.82, 2.24) is 19.5 Å². The number of rotatable bonds is 3. The number of urea groups is 1. The lowest BCUT2D eigenvalue weighted by molar-refractivity contribution is 0.206. The Morgan fingerprint density at radius 2 is 1.93 bits per heavy atom. The second-order valence-corrected chi connectivity index (χ2v) is 8.44. The molecule has 30 heavy (non-hydrogen) atoms. The van der Waals surface area contributed by atoms with Crippen LogP contribution < -0.4 is 10.1 Å². The Morgan fingerprint density at radius 3 is 2.67 bits per heavy atom. The minimum atomic E-state index is -0.119. The Balaban J connectivity index is 1.33. The summed E-state index contributed by atoms with van der Waals surface area (Å²) in [5.41, 5.74) is 2.79. The maximum Gasteiger partial charge on any atom is 0.322 e. The van der Waals surface area contributed by atoms with E-state index in [1.54, 1.807) is 18.4 Å². The number of nitrogens with zero attached hydrogens (tertiary/aromatic N) is 4. The van der Waals surface area contributed by atoms with Gasteiger partial charge in [-0.05, 0) is 48.5 Å². The van der Waals surface area contributed by atoms with E-state index in [1.807, 2.05) is 57.9 Å². The number of methoxy groups -OCH3 is 1. The van der Waals surface area contributed by atoms with Gasteiger partial charge in [0.25, 0.3) is 0 Å². The molecule has 1 N–H and O–H groups in total. The zero-order valence-corrected chi connectivity index (χ0v) is 17.7. The van der Waals surface area contributed by atoms with Crippen LogP contribution in [0.25, 0.3) is 16.3 Å². The average molecular weight is 440 g/mol. The van der Waals surface area contributed by atoms with Crippen LogP contribution in [0.15, 0.2) is 48.5 Å². The molecule has 4 aromatic rings. The molecule has 0 saturated heterocycles. The van der Waals surface area contributed by atoms with Crippen LogP contribution in [-0.4, -0.2) is 39.2 Å². The number of fused-ring (bicyclic) bond motifs is 3. The van der Waals surface area contributed by atoms with Crippen molar-refractivity contribution in [2.75, 3.05) is 19.0 Å². The Bertz CT molecular complexity index is 1220. The minimum Gasteiger partial charge on any atom is -0.497 e. The molecular formula is C21H18ClN5O2S. The first-order valence-corrected chi connectivity index (χ1v) is 10.6. The van der Waals surface area contributed by atoms with Crippen molar-refractivity contribution in [2.24, 2.45) is 0 Å². The van der Waals surface area contributed by atoms with Crippen molar-refractivity contribution >= 4 is 39.6 Å². The highest BCUT2D eigenvalue weighted by molar-refractivity contribution is 7.17. The van der Waals surface area contributed by atoms with E-state index in [-0.39, 0.29) is 6.03 Å². The van der Waals surface area contributed by atoms with Crippen LogP contribution in [-0.2, 0) is 13.0 Å². The minimum absolute atomic E-state index is 0.119. The average Bonchev–Trinajstić information content (AvgIpc) is 3.32. The lowest BCUT2D eigenvalue weighted by Gasteiger charge is -2.26. The number of carbonyl (C=O) groups is 1. The summed E-state index contributed by atoms with van der Waals surface area (Å²) in [7, 11) is 1.62. The molecule has 2 aromatic heterocycles. The maximum absolute atomic E-state index is 12.7. The van der Waals surface area contributed by atoms with Crippen LogP contribution in [0.3, 0.4) is 0 Å². The standard InChI is InChI=1S/C21H18ClN5O2S/c1-29-16-8-6-15(7-9-16)23-20(28)26-11-10-17-18(12-26)30-21-24-19(25-27(17)21)13-2-4-14(22)5-3-13/h2-9H,10-12H2,1H3,(H,23,28). The molecular weight excluding hydrogens is 422 g/mol. The fourth-order valence-electron chi connectivity index (χ4n) is 3.46. The fourth-order valence-corrected chi connectivity index (χ4v) is 4.70. The number of hydrogen-bond acceptors (Lipinski definition) is 5. The molecule has 2 aromatic carbocycles. The summed E-state index contributed by atoms with van der Waals surface area (Å²) in [4.78, 5) is 21.1. The molecule has 1 aliphatic heterocycles. The Morgan fingerprint density at radius 1 is 1.17 bits per heavy atom. The number of halogens is 1. The van der Waals surface area contributed by atoms with Crippen LogP contribution in [0, 0.1) is 0 Å². The number of anilines is 1. The molecule has 2 amide bonds. The van der Waals surface area contributed by atoms with E-state index in [0.29, 0.717) is 23.9 Å². The zero-order chi connectivity index (χ0) is 20.7. The molecule has 0 aliphatic carbocycles. The van der Waals surface area contributed by atoms with Crippen molar-refractivity contribution in [3.05, 3.63) is 64.1 Å². The van der Waals surface area contributed by atoms with Gasteiger partial charge in [0.1, 0.15) is 5.75 Å². The maximum atomic E-state index is 12.7. The van der Waals surface area contributed by atoms with Gasteiger partial charge in [0.2, 0.25) is 4.96 Å². The van der Waals surface area contributed by atoms with Crippen LogP contribution >= 0.6 is 22.9 Å². The van der Waals surface area contributed by atoms with Gasteiger partial charge in [-0.2, -0.15) is 4.98 Å². The smallest absolute Gasteiger partial charge is 0.322 e. The second-order valence-electron chi connectivity index (χ2n) is 6.94. The highest BCUT2D eigenvalue weighted by Gasteiger charge is 2.26. The van der Waals surface area contributed by atoms with E-state index in [1.165, 1.54) is 0 Å². The van der Waals surface area contributed by atoms with Gasteiger partial charge in [-0.15, -0.1) is 5.10 Å². The SMILES string of the molecule is COc1ccc(NC(=O)N2CCc3c(sc4nc(-c5ccc(Cl)cc5)nn34)C2)cc1. The zero-order valence-electron chi connectivity index (χ0n) is 16.1. The highest BCUT2D eigenvalue weighted by atomic mass is 35.5. The number of benzene rings is 2. The first kappa shape index (κ1) is 18.9. The third-order valence-corrected chi connectivity index (χ3v) is 6.36. The predicted molar refractivity (Wildman–Crippen MR) is 117 cm³/mol. The highest BCUT2D eigenvalue weighted by Crippen LogP contribution is 2.30. The van der Waals surface area contributed by atoms with E-state index >= 15 is 0 Å². The number of amides is 2.